The van der Waals surface area contributed by atoms with Crippen molar-refractivity contribution in [3.63, 3.8) is 0 Å². The van der Waals surface area contributed by atoms with Crippen LogP contribution in [0.15, 0.2) is 17.0 Å². The van der Waals surface area contributed by atoms with E-state index in [2.05, 4.69) is 5.32 Å². The van der Waals surface area contributed by atoms with E-state index in [1.54, 1.807) is 23.5 Å². The van der Waals surface area contributed by atoms with Gasteiger partial charge in [-0.05, 0) is 56.4 Å². The summed E-state index contributed by atoms with van der Waals surface area (Å²) in [5.41, 5.74) is 1.71. The number of hydrogen-bond acceptors (Lipinski definition) is 4. The minimum absolute atomic E-state index is 0.294. The Balaban J connectivity index is 1.92. The van der Waals surface area contributed by atoms with Gasteiger partial charge in [-0.3, -0.25) is 0 Å². The van der Waals surface area contributed by atoms with Crippen LogP contribution in [0.25, 0.3) is 0 Å². The standard InChI is InChI=1S/C16H24N2O3S/c1-11-8-15(9-12(2)16(11)21-3)22(19,20)18-7-6-13-4-5-14(10-18)17-13/h8-9,13-14,17H,4-7,10H2,1-3H3. The zero-order valence-corrected chi connectivity index (χ0v) is 14.2. The van der Waals surface area contributed by atoms with Gasteiger partial charge in [0.05, 0.1) is 12.0 Å². The molecule has 0 amide bonds. The highest BCUT2D eigenvalue weighted by Crippen LogP contribution is 2.30. The van der Waals surface area contributed by atoms with Gasteiger partial charge in [0, 0.05) is 25.2 Å². The van der Waals surface area contributed by atoms with E-state index in [9.17, 15) is 8.42 Å². The van der Waals surface area contributed by atoms with E-state index in [0.29, 0.717) is 30.1 Å². The summed E-state index contributed by atoms with van der Waals surface area (Å²) in [5, 5.41) is 3.52. The lowest BCUT2D eigenvalue weighted by Crippen LogP contribution is -2.39. The molecule has 0 spiro atoms. The summed E-state index contributed by atoms with van der Waals surface area (Å²) in [6.45, 7) is 4.94. The molecule has 1 N–H and O–H groups in total. The van der Waals surface area contributed by atoms with Crippen LogP contribution in [0.4, 0.5) is 0 Å². The fourth-order valence-corrected chi connectivity index (χ4v) is 5.33. The highest BCUT2D eigenvalue weighted by atomic mass is 32.2. The molecule has 0 radical (unpaired) electrons. The number of sulfonamides is 1. The molecule has 2 heterocycles. The SMILES string of the molecule is COc1c(C)cc(S(=O)(=O)N2CCC3CCC(C2)N3)cc1C. The Morgan fingerprint density at radius 3 is 2.41 bits per heavy atom. The van der Waals surface area contributed by atoms with Crippen molar-refractivity contribution in [1.29, 1.82) is 0 Å². The van der Waals surface area contributed by atoms with Crippen molar-refractivity contribution < 1.29 is 13.2 Å². The molecule has 2 aliphatic rings. The van der Waals surface area contributed by atoms with Gasteiger partial charge in [-0.15, -0.1) is 0 Å². The van der Waals surface area contributed by atoms with Gasteiger partial charge in [0.2, 0.25) is 10.0 Å². The first-order valence-electron chi connectivity index (χ1n) is 7.83. The maximum Gasteiger partial charge on any atom is 0.243 e. The third-order valence-electron chi connectivity index (χ3n) is 4.76. The second-order valence-corrected chi connectivity index (χ2v) is 8.32. The summed E-state index contributed by atoms with van der Waals surface area (Å²) in [5.74, 6) is 0.760. The second-order valence-electron chi connectivity index (χ2n) is 6.38. The van der Waals surface area contributed by atoms with Crippen molar-refractivity contribution in [3.05, 3.63) is 23.3 Å². The van der Waals surface area contributed by atoms with Gasteiger partial charge in [0.1, 0.15) is 5.75 Å². The summed E-state index contributed by atoms with van der Waals surface area (Å²) in [6.07, 6.45) is 3.13. The van der Waals surface area contributed by atoms with Crippen molar-refractivity contribution >= 4 is 10.0 Å². The number of fused-ring (bicyclic) bond motifs is 2. The molecule has 2 aliphatic heterocycles. The average Bonchev–Trinajstić information content (AvgIpc) is 2.77. The van der Waals surface area contributed by atoms with Crippen LogP contribution in [0.5, 0.6) is 5.75 Å². The normalized spacial score (nSPS) is 26.0. The molecule has 2 fully saturated rings. The van der Waals surface area contributed by atoms with Crippen LogP contribution >= 0.6 is 0 Å². The Labute approximate surface area is 132 Å². The molecule has 122 valence electrons. The van der Waals surface area contributed by atoms with Crippen LogP contribution in [-0.2, 0) is 10.0 Å². The largest absolute Gasteiger partial charge is 0.496 e. The van der Waals surface area contributed by atoms with E-state index in [0.717, 1.165) is 29.7 Å². The van der Waals surface area contributed by atoms with Crippen molar-refractivity contribution in [2.24, 2.45) is 0 Å². The van der Waals surface area contributed by atoms with Crippen molar-refractivity contribution in [2.45, 2.75) is 50.1 Å². The molecule has 1 aromatic carbocycles. The Morgan fingerprint density at radius 1 is 1.14 bits per heavy atom. The zero-order chi connectivity index (χ0) is 15.9. The fourth-order valence-electron chi connectivity index (χ4n) is 3.66. The zero-order valence-electron chi connectivity index (χ0n) is 13.4. The Bertz CT molecular complexity index is 649. The van der Waals surface area contributed by atoms with E-state index in [-0.39, 0.29) is 0 Å². The van der Waals surface area contributed by atoms with Crippen LogP contribution < -0.4 is 10.1 Å². The van der Waals surface area contributed by atoms with E-state index in [1.165, 1.54) is 6.42 Å². The third kappa shape index (κ3) is 2.75. The topological polar surface area (TPSA) is 58.6 Å². The van der Waals surface area contributed by atoms with Gasteiger partial charge in [-0.2, -0.15) is 4.31 Å². The van der Waals surface area contributed by atoms with Crippen molar-refractivity contribution in [1.82, 2.24) is 9.62 Å². The molecule has 1 aromatic rings. The predicted octanol–water partition coefficient (Wildman–Crippen LogP) is 1.83. The molecular weight excluding hydrogens is 300 g/mol. The number of hydrogen-bond donors (Lipinski definition) is 1. The second kappa shape index (κ2) is 5.83. The lowest BCUT2D eigenvalue weighted by Gasteiger charge is -2.24. The molecule has 3 rings (SSSR count). The molecule has 5 nitrogen and oxygen atoms in total. The molecule has 2 atom stereocenters. The smallest absolute Gasteiger partial charge is 0.243 e. The molecule has 0 aromatic heterocycles. The highest BCUT2D eigenvalue weighted by Gasteiger charge is 2.35. The Kier molecular flexibility index (Phi) is 4.18. The number of rotatable bonds is 3. The lowest BCUT2D eigenvalue weighted by atomic mass is 10.1. The molecule has 6 heteroatoms. The number of nitrogens with zero attached hydrogens (tertiary/aromatic N) is 1. The highest BCUT2D eigenvalue weighted by molar-refractivity contribution is 7.89. The quantitative estimate of drug-likeness (QED) is 0.921. The first-order chi connectivity index (χ1) is 10.4. The van der Waals surface area contributed by atoms with Crippen LogP contribution in [0.2, 0.25) is 0 Å². The van der Waals surface area contributed by atoms with E-state index < -0.39 is 10.0 Å². The molecule has 22 heavy (non-hydrogen) atoms. The van der Waals surface area contributed by atoms with Crippen molar-refractivity contribution in [3.8, 4) is 5.75 Å². The number of benzene rings is 1. The molecular formula is C16H24N2O3S. The number of methoxy groups -OCH3 is 1. The van der Waals surface area contributed by atoms with Gasteiger partial charge < -0.3 is 10.1 Å². The first kappa shape index (κ1) is 15.8. The maximum absolute atomic E-state index is 13.0. The number of aryl methyl sites for hydroxylation is 2. The van der Waals surface area contributed by atoms with E-state index >= 15 is 0 Å². The molecule has 0 aliphatic carbocycles. The van der Waals surface area contributed by atoms with Crippen LogP contribution in [0.1, 0.15) is 30.4 Å². The maximum atomic E-state index is 13.0. The van der Waals surface area contributed by atoms with Gasteiger partial charge in [-0.25, -0.2) is 8.42 Å². The molecule has 2 saturated heterocycles. The van der Waals surface area contributed by atoms with E-state index in [4.69, 9.17) is 4.74 Å². The average molecular weight is 324 g/mol. The molecule has 2 bridgehead atoms. The van der Waals surface area contributed by atoms with Gasteiger partial charge >= 0.3 is 0 Å². The number of ether oxygens (including phenoxy) is 1. The van der Waals surface area contributed by atoms with E-state index in [1.807, 2.05) is 13.8 Å². The minimum Gasteiger partial charge on any atom is -0.496 e. The Hall–Kier alpha value is -1.11. The summed E-state index contributed by atoms with van der Waals surface area (Å²) in [7, 11) is -1.83. The summed E-state index contributed by atoms with van der Waals surface area (Å²) >= 11 is 0. The minimum atomic E-state index is -3.44. The predicted molar refractivity (Wildman–Crippen MR) is 85.8 cm³/mol. The number of nitrogens with one attached hydrogen (secondary N) is 1. The van der Waals surface area contributed by atoms with Gasteiger partial charge in [-0.1, -0.05) is 0 Å². The van der Waals surface area contributed by atoms with Crippen LogP contribution in [0, 0.1) is 13.8 Å². The summed E-state index contributed by atoms with van der Waals surface area (Å²) in [6, 6.07) is 4.21. The monoisotopic (exact) mass is 324 g/mol. The van der Waals surface area contributed by atoms with Gasteiger partial charge in [0.25, 0.3) is 0 Å². The lowest BCUT2D eigenvalue weighted by molar-refractivity contribution is 0.383. The molecule has 0 saturated carbocycles. The summed E-state index contributed by atoms with van der Waals surface area (Å²) < 4.78 is 32.9. The summed E-state index contributed by atoms with van der Waals surface area (Å²) in [4.78, 5) is 0.376. The Morgan fingerprint density at radius 2 is 1.77 bits per heavy atom. The fraction of sp³-hybridized carbons (Fsp3) is 0.625. The van der Waals surface area contributed by atoms with Crippen LogP contribution in [0.3, 0.4) is 0 Å². The van der Waals surface area contributed by atoms with Crippen LogP contribution in [-0.4, -0.2) is 45.0 Å². The van der Waals surface area contributed by atoms with Crippen molar-refractivity contribution in [2.75, 3.05) is 20.2 Å². The van der Waals surface area contributed by atoms with Gasteiger partial charge in [0.15, 0.2) is 0 Å². The first-order valence-corrected chi connectivity index (χ1v) is 9.27. The third-order valence-corrected chi connectivity index (χ3v) is 6.60. The molecule has 2 unspecified atom stereocenters.